The lowest BCUT2D eigenvalue weighted by molar-refractivity contribution is -0.0123. The van der Waals surface area contributed by atoms with Crippen molar-refractivity contribution in [3.05, 3.63) is 34.8 Å². The highest BCUT2D eigenvalue weighted by molar-refractivity contribution is 7.23. The Labute approximate surface area is 279 Å². The summed E-state index contributed by atoms with van der Waals surface area (Å²) in [6, 6.07) is 5.55. The zero-order valence-electron chi connectivity index (χ0n) is 26.9. The van der Waals surface area contributed by atoms with Crippen molar-refractivity contribution in [2.75, 3.05) is 56.6 Å². The molecule has 1 aromatic carbocycles. The maximum absolute atomic E-state index is 15.1. The first-order chi connectivity index (χ1) is 23.0. The molecule has 1 spiro atoms. The molecule has 3 aromatic heterocycles. The highest BCUT2D eigenvalue weighted by Crippen LogP contribution is 2.66. The molecule has 6 heterocycles. The molecule has 0 radical (unpaired) electrons. The first kappa shape index (κ1) is 30.2. The fraction of sp³-hybridized carbons (Fsp3) is 0.529. The summed E-state index contributed by atoms with van der Waals surface area (Å²) < 4.78 is 44.1. The molecule has 0 amide bonds. The Morgan fingerprint density at radius 2 is 2.08 bits per heavy atom. The number of nitrogens with two attached hydrogens (primary N) is 1. The summed E-state index contributed by atoms with van der Waals surface area (Å²) in [7, 11) is 1.86. The predicted molar refractivity (Wildman–Crippen MR) is 176 cm³/mol. The Bertz CT molecular complexity index is 2050. The number of ether oxygens (including phenoxy) is 2. The summed E-state index contributed by atoms with van der Waals surface area (Å²) in [5.74, 6) is 0.176. The van der Waals surface area contributed by atoms with E-state index in [0.29, 0.717) is 54.2 Å². The van der Waals surface area contributed by atoms with E-state index in [9.17, 15) is 14.8 Å². The molecule has 0 bridgehead atoms. The second kappa shape index (κ2) is 10.3. The monoisotopic (exact) mass is 674 g/mol. The van der Waals surface area contributed by atoms with Gasteiger partial charge in [0.2, 0.25) is 0 Å². The number of benzene rings is 1. The minimum Gasteiger partial charge on any atom is -0.461 e. The van der Waals surface area contributed by atoms with Crippen LogP contribution in [0, 0.1) is 17.1 Å². The Hall–Kier alpha value is -3.90. The lowest BCUT2D eigenvalue weighted by Gasteiger charge is -2.32. The molecule has 3 saturated heterocycles. The maximum atomic E-state index is 15.1. The number of rotatable bonds is 5. The van der Waals surface area contributed by atoms with E-state index in [1.807, 2.05) is 11.9 Å². The maximum Gasteiger partial charge on any atom is 0.318 e. The van der Waals surface area contributed by atoms with E-state index >= 15 is 4.39 Å². The Morgan fingerprint density at radius 1 is 1.25 bits per heavy atom. The van der Waals surface area contributed by atoms with Crippen LogP contribution in [0.3, 0.4) is 0 Å². The standard InChI is InChI=1S/C34H36F2N8O3S/c1-32(45)15-43(10-11-46-16-32)30-23-25-24(26(42(2)41-25)19-4-5-21(36)27-22(19)20(13-37)29(38)48-27)34(7-8-34)28(23)39-31(40-30)47-17-33-6-3-9-44(33)14-18(35)12-33/h4-5,18,45H,3,6-12,14-17,38H2,1-2H3/t18-,32+,33+/m1/s1. The van der Waals surface area contributed by atoms with Crippen LogP contribution < -0.4 is 15.4 Å². The van der Waals surface area contributed by atoms with Crippen LogP contribution in [-0.4, -0.2) is 93.1 Å². The number of hydrogen-bond donors (Lipinski definition) is 2. The van der Waals surface area contributed by atoms with Crippen LogP contribution in [0.1, 0.15) is 55.8 Å². The molecular formula is C34H36F2N8O3S. The quantitative estimate of drug-likeness (QED) is 0.315. The summed E-state index contributed by atoms with van der Waals surface area (Å²) in [6.45, 7) is 4.68. The van der Waals surface area contributed by atoms with Crippen LogP contribution in [-0.2, 0) is 17.2 Å². The fourth-order valence-corrected chi connectivity index (χ4v) is 9.76. The minimum absolute atomic E-state index is 0.192. The van der Waals surface area contributed by atoms with Gasteiger partial charge in [-0.2, -0.15) is 20.3 Å². The Morgan fingerprint density at radius 3 is 2.88 bits per heavy atom. The van der Waals surface area contributed by atoms with Crippen LogP contribution in [0.25, 0.3) is 32.6 Å². The highest BCUT2D eigenvalue weighted by atomic mass is 32.1. The number of β-amino-alcohol motifs (C(OH)–C–C–N with tert-alkyl or cyclic N) is 1. The second-order valence-electron chi connectivity index (χ2n) is 14.4. The number of nitriles is 1. The van der Waals surface area contributed by atoms with Crippen molar-refractivity contribution in [3.8, 4) is 34.6 Å². The molecule has 48 heavy (non-hydrogen) atoms. The van der Waals surface area contributed by atoms with Gasteiger partial charge >= 0.3 is 6.01 Å². The molecule has 1 saturated carbocycles. The van der Waals surface area contributed by atoms with Gasteiger partial charge < -0.3 is 25.2 Å². The van der Waals surface area contributed by atoms with E-state index in [2.05, 4.69) is 11.0 Å². The summed E-state index contributed by atoms with van der Waals surface area (Å²) in [5, 5.41) is 27.1. The van der Waals surface area contributed by atoms with Crippen molar-refractivity contribution in [3.63, 3.8) is 0 Å². The topological polar surface area (TPSA) is 139 Å². The number of nitrogens with zero attached hydrogens (tertiary/aromatic N) is 7. The van der Waals surface area contributed by atoms with Crippen LogP contribution >= 0.6 is 11.3 Å². The molecule has 5 aliphatic rings. The minimum atomic E-state index is -1.13. The number of alkyl halides is 1. The van der Waals surface area contributed by atoms with Crippen molar-refractivity contribution in [2.24, 2.45) is 7.05 Å². The van der Waals surface area contributed by atoms with Crippen molar-refractivity contribution < 1.29 is 23.4 Å². The van der Waals surface area contributed by atoms with E-state index < -0.39 is 23.0 Å². The van der Waals surface area contributed by atoms with Crippen LogP contribution in [0.4, 0.5) is 19.6 Å². The first-order valence-electron chi connectivity index (χ1n) is 16.5. The second-order valence-corrected chi connectivity index (χ2v) is 15.5. The van der Waals surface area contributed by atoms with Gasteiger partial charge in [0.15, 0.2) is 0 Å². The van der Waals surface area contributed by atoms with Gasteiger partial charge in [0.05, 0.1) is 52.5 Å². The van der Waals surface area contributed by atoms with Gasteiger partial charge in [-0.3, -0.25) is 9.58 Å². The number of aliphatic hydroxyl groups is 1. The zero-order valence-corrected chi connectivity index (χ0v) is 27.7. The highest BCUT2D eigenvalue weighted by Gasteiger charge is 2.59. The van der Waals surface area contributed by atoms with E-state index in [-0.39, 0.29) is 35.3 Å². The number of thiophene rings is 1. The smallest absolute Gasteiger partial charge is 0.318 e. The average Bonchev–Trinajstić information content (AvgIpc) is 3.21. The SMILES string of the molecule is Cn1nc2c(c1-c1ccc(F)c3sc(N)c(C#N)c13)C1(CC1)c1nc(OC[C@@]34CCCN3C[C@H](F)C4)nc(N3CCOC[C@@](C)(O)C3)c1-2. The van der Waals surface area contributed by atoms with Gasteiger partial charge in [0, 0.05) is 48.5 Å². The van der Waals surface area contributed by atoms with E-state index in [4.69, 9.17) is 30.3 Å². The number of aromatic nitrogens is 4. The van der Waals surface area contributed by atoms with Crippen LogP contribution in [0.5, 0.6) is 6.01 Å². The molecule has 3 N–H and O–H groups in total. The van der Waals surface area contributed by atoms with E-state index in [1.54, 1.807) is 17.7 Å². The van der Waals surface area contributed by atoms with Gasteiger partial charge in [0.1, 0.15) is 46.8 Å². The third-order valence-electron chi connectivity index (χ3n) is 11.0. The van der Waals surface area contributed by atoms with Crippen molar-refractivity contribution in [1.82, 2.24) is 24.6 Å². The molecule has 3 atom stereocenters. The van der Waals surface area contributed by atoms with Gasteiger partial charge in [0.25, 0.3) is 0 Å². The van der Waals surface area contributed by atoms with Gasteiger partial charge in [-0.1, -0.05) is 0 Å². The Balaban J connectivity index is 1.22. The van der Waals surface area contributed by atoms with Crippen molar-refractivity contribution in [1.29, 1.82) is 5.26 Å². The van der Waals surface area contributed by atoms with E-state index in [0.717, 1.165) is 71.8 Å². The normalized spacial score (nSPS) is 27.2. The predicted octanol–water partition coefficient (Wildman–Crippen LogP) is 4.29. The molecule has 2 aliphatic carbocycles. The van der Waals surface area contributed by atoms with Gasteiger partial charge in [-0.15, -0.1) is 11.3 Å². The lowest BCUT2D eigenvalue weighted by Crippen LogP contribution is -2.44. The summed E-state index contributed by atoms with van der Waals surface area (Å²) in [4.78, 5) is 14.3. The number of nitrogen functional groups attached to an aromatic ring is 1. The molecular weight excluding hydrogens is 638 g/mol. The zero-order chi connectivity index (χ0) is 33.2. The van der Waals surface area contributed by atoms with Gasteiger partial charge in [-0.25, -0.2) is 8.78 Å². The number of hydrogen-bond acceptors (Lipinski definition) is 11. The number of anilines is 2. The molecule has 4 fully saturated rings. The third kappa shape index (κ3) is 4.27. The Kier molecular flexibility index (Phi) is 6.48. The average molecular weight is 675 g/mol. The summed E-state index contributed by atoms with van der Waals surface area (Å²) >= 11 is 1.07. The molecule has 11 nitrogen and oxygen atoms in total. The summed E-state index contributed by atoms with van der Waals surface area (Å²) in [6.07, 6.45) is 3.05. The van der Waals surface area contributed by atoms with Gasteiger partial charge in [-0.05, 0) is 51.3 Å². The first-order valence-corrected chi connectivity index (χ1v) is 17.3. The molecule has 9 rings (SSSR count). The number of fused-ring (bicyclic) bond motifs is 7. The van der Waals surface area contributed by atoms with Crippen molar-refractivity contribution in [2.45, 2.75) is 61.8 Å². The van der Waals surface area contributed by atoms with Crippen LogP contribution in [0.15, 0.2) is 12.1 Å². The molecule has 4 aromatic rings. The molecule has 14 heteroatoms. The van der Waals surface area contributed by atoms with Crippen molar-refractivity contribution >= 4 is 32.2 Å². The number of halogens is 2. The fourth-order valence-electron chi connectivity index (χ4n) is 8.81. The lowest BCUT2D eigenvalue weighted by atomic mass is 9.92. The summed E-state index contributed by atoms with van der Waals surface area (Å²) in [5.41, 5.74) is 9.24. The molecule has 3 aliphatic heterocycles. The number of aryl methyl sites for hydroxylation is 1. The largest absolute Gasteiger partial charge is 0.461 e. The van der Waals surface area contributed by atoms with Crippen LogP contribution in [0.2, 0.25) is 0 Å². The third-order valence-corrected chi connectivity index (χ3v) is 12.0. The molecule has 250 valence electrons. The molecule has 0 unspecified atom stereocenters. The van der Waals surface area contributed by atoms with E-state index in [1.165, 1.54) is 6.07 Å².